The van der Waals surface area contributed by atoms with E-state index in [0.717, 1.165) is 13.2 Å². The molecule has 0 saturated carbocycles. The molecule has 1 aliphatic rings. The second-order valence-corrected chi connectivity index (χ2v) is 3.53. The molecule has 2 nitrogen and oxygen atoms in total. The third kappa shape index (κ3) is 2.08. The van der Waals surface area contributed by atoms with Crippen LogP contribution in [0.5, 0.6) is 0 Å². The van der Waals surface area contributed by atoms with Crippen molar-refractivity contribution in [3.05, 3.63) is 35.9 Å². The van der Waals surface area contributed by atoms with E-state index in [2.05, 4.69) is 36.5 Å². The van der Waals surface area contributed by atoms with Gasteiger partial charge in [0.05, 0.1) is 19.3 Å². The maximum Gasteiger partial charge on any atom is 0.0643 e. The summed E-state index contributed by atoms with van der Waals surface area (Å²) >= 11 is 0. The Hall–Kier alpha value is -0.860. The predicted molar refractivity (Wildman–Crippen MR) is 52.6 cm³/mol. The van der Waals surface area contributed by atoms with Crippen molar-refractivity contribution in [3.8, 4) is 0 Å². The van der Waals surface area contributed by atoms with E-state index in [1.165, 1.54) is 5.56 Å². The Bertz CT molecular complexity index is 256. The van der Waals surface area contributed by atoms with E-state index in [9.17, 15) is 0 Å². The highest BCUT2D eigenvalue weighted by Crippen LogP contribution is 2.13. The summed E-state index contributed by atoms with van der Waals surface area (Å²) in [5, 5.41) is 3.51. The molecule has 1 saturated heterocycles. The van der Waals surface area contributed by atoms with Crippen LogP contribution in [0.2, 0.25) is 0 Å². The van der Waals surface area contributed by atoms with Gasteiger partial charge in [-0.25, -0.2) is 0 Å². The van der Waals surface area contributed by atoms with Crippen LogP contribution in [-0.2, 0) is 4.74 Å². The van der Waals surface area contributed by atoms with E-state index < -0.39 is 0 Å². The van der Waals surface area contributed by atoms with E-state index in [0.29, 0.717) is 12.1 Å². The number of hydrogen-bond donors (Lipinski definition) is 1. The topological polar surface area (TPSA) is 21.3 Å². The molecule has 1 aromatic carbocycles. The van der Waals surface area contributed by atoms with E-state index >= 15 is 0 Å². The third-order valence-corrected chi connectivity index (χ3v) is 2.42. The van der Waals surface area contributed by atoms with Crippen LogP contribution in [0.1, 0.15) is 18.5 Å². The molecule has 1 N–H and O–H groups in total. The summed E-state index contributed by atoms with van der Waals surface area (Å²) in [4.78, 5) is 0. The molecule has 1 aromatic rings. The minimum Gasteiger partial charge on any atom is -0.378 e. The second-order valence-electron chi connectivity index (χ2n) is 3.53. The summed E-state index contributed by atoms with van der Waals surface area (Å²) in [5.41, 5.74) is 1.34. The Morgan fingerprint density at radius 2 is 2.00 bits per heavy atom. The highest BCUT2D eigenvalue weighted by atomic mass is 16.5. The maximum absolute atomic E-state index is 5.11. The van der Waals surface area contributed by atoms with Crippen LogP contribution in [0.3, 0.4) is 0 Å². The van der Waals surface area contributed by atoms with Gasteiger partial charge >= 0.3 is 0 Å². The summed E-state index contributed by atoms with van der Waals surface area (Å²) in [6, 6.07) is 11.5. The first kappa shape index (κ1) is 8.73. The van der Waals surface area contributed by atoms with Gasteiger partial charge < -0.3 is 10.1 Å². The number of rotatable bonds is 3. The van der Waals surface area contributed by atoms with Gasteiger partial charge in [-0.1, -0.05) is 30.3 Å². The summed E-state index contributed by atoms with van der Waals surface area (Å²) in [6.45, 7) is 3.90. The average molecular weight is 177 g/mol. The molecule has 1 heterocycles. The first-order chi connectivity index (χ1) is 6.36. The van der Waals surface area contributed by atoms with Crippen molar-refractivity contribution in [1.29, 1.82) is 0 Å². The van der Waals surface area contributed by atoms with E-state index in [-0.39, 0.29) is 0 Å². The van der Waals surface area contributed by atoms with Crippen LogP contribution in [-0.4, -0.2) is 19.3 Å². The van der Waals surface area contributed by atoms with Crippen LogP contribution in [0.25, 0.3) is 0 Å². The van der Waals surface area contributed by atoms with Crippen LogP contribution in [0.15, 0.2) is 30.3 Å². The summed E-state index contributed by atoms with van der Waals surface area (Å²) in [7, 11) is 0. The quantitative estimate of drug-likeness (QED) is 0.759. The van der Waals surface area contributed by atoms with Crippen LogP contribution in [0, 0.1) is 0 Å². The van der Waals surface area contributed by atoms with Crippen LogP contribution >= 0.6 is 0 Å². The Morgan fingerprint density at radius 3 is 2.54 bits per heavy atom. The molecule has 0 aromatic heterocycles. The Morgan fingerprint density at radius 1 is 1.31 bits per heavy atom. The van der Waals surface area contributed by atoms with Crippen molar-refractivity contribution in [2.45, 2.75) is 19.0 Å². The molecule has 70 valence electrons. The van der Waals surface area contributed by atoms with Crippen molar-refractivity contribution >= 4 is 0 Å². The van der Waals surface area contributed by atoms with Crippen LogP contribution in [0.4, 0.5) is 0 Å². The van der Waals surface area contributed by atoms with Gasteiger partial charge in [0.1, 0.15) is 0 Å². The highest BCUT2D eigenvalue weighted by Gasteiger charge is 2.20. The lowest BCUT2D eigenvalue weighted by Gasteiger charge is -2.30. The van der Waals surface area contributed by atoms with Gasteiger partial charge in [0, 0.05) is 6.04 Å². The smallest absolute Gasteiger partial charge is 0.0643 e. The van der Waals surface area contributed by atoms with E-state index in [1.54, 1.807) is 0 Å². The lowest BCUT2D eigenvalue weighted by Crippen LogP contribution is -2.46. The molecule has 1 atom stereocenters. The zero-order valence-electron chi connectivity index (χ0n) is 7.86. The SMILES string of the molecule is C[C@@H](NC1COC1)c1ccccc1. The number of ether oxygens (including phenoxy) is 1. The zero-order valence-corrected chi connectivity index (χ0v) is 7.86. The zero-order chi connectivity index (χ0) is 9.10. The number of hydrogen-bond acceptors (Lipinski definition) is 2. The summed E-state index contributed by atoms with van der Waals surface area (Å²) in [6.07, 6.45) is 0. The lowest BCUT2D eigenvalue weighted by molar-refractivity contribution is -0.00925. The molecule has 1 fully saturated rings. The molecular formula is C11H15NO. The first-order valence-electron chi connectivity index (χ1n) is 4.75. The monoisotopic (exact) mass is 177 g/mol. The second kappa shape index (κ2) is 3.90. The Labute approximate surface area is 78.9 Å². The summed E-state index contributed by atoms with van der Waals surface area (Å²) < 4.78 is 5.11. The van der Waals surface area contributed by atoms with Crippen molar-refractivity contribution in [2.24, 2.45) is 0 Å². The van der Waals surface area contributed by atoms with Crippen molar-refractivity contribution < 1.29 is 4.74 Å². The predicted octanol–water partition coefficient (Wildman–Crippen LogP) is 1.74. The molecule has 13 heavy (non-hydrogen) atoms. The molecule has 0 unspecified atom stereocenters. The molecule has 1 aliphatic heterocycles. The molecule has 2 heteroatoms. The van der Waals surface area contributed by atoms with Crippen molar-refractivity contribution in [2.75, 3.05) is 13.2 Å². The molecule has 0 spiro atoms. The highest BCUT2D eigenvalue weighted by molar-refractivity contribution is 5.18. The largest absolute Gasteiger partial charge is 0.378 e. The van der Waals surface area contributed by atoms with E-state index in [4.69, 9.17) is 4.74 Å². The fraction of sp³-hybridized carbons (Fsp3) is 0.455. The molecule has 0 amide bonds. The number of benzene rings is 1. The molecule has 0 aliphatic carbocycles. The lowest BCUT2D eigenvalue weighted by atomic mass is 10.1. The molecule has 2 rings (SSSR count). The van der Waals surface area contributed by atoms with Gasteiger partial charge in [0.15, 0.2) is 0 Å². The van der Waals surface area contributed by atoms with Gasteiger partial charge in [0.25, 0.3) is 0 Å². The van der Waals surface area contributed by atoms with Gasteiger partial charge in [-0.2, -0.15) is 0 Å². The van der Waals surface area contributed by atoms with Crippen molar-refractivity contribution in [3.63, 3.8) is 0 Å². The van der Waals surface area contributed by atoms with Gasteiger partial charge in [-0.3, -0.25) is 0 Å². The molecule has 0 radical (unpaired) electrons. The van der Waals surface area contributed by atoms with Crippen LogP contribution < -0.4 is 5.32 Å². The third-order valence-electron chi connectivity index (χ3n) is 2.42. The number of nitrogens with one attached hydrogen (secondary N) is 1. The maximum atomic E-state index is 5.11. The minimum atomic E-state index is 0.426. The van der Waals surface area contributed by atoms with Crippen molar-refractivity contribution in [1.82, 2.24) is 5.32 Å². The Kier molecular flexibility index (Phi) is 2.62. The fourth-order valence-electron chi connectivity index (χ4n) is 1.52. The first-order valence-corrected chi connectivity index (χ1v) is 4.75. The molecule has 0 bridgehead atoms. The van der Waals surface area contributed by atoms with E-state index in [1.807, 2.05) is 6.07 Å². The minimum absolute atomic E-state index is 0.426. The summed E-state index contributed by atoms with van der Waals surface area (Å²) in [5.74, 6) is 0. The normalized spacial score (nSPS) is 19.5. The fourth-order valence-corrected chi connectivity index (χ4v) is 1.52. The van der Waals surface area contributed by atoms with Gasteiger partial charge in [-0.05, 0) is 12.5 Å². The van der Waals surface area contributed by atoms with Gasteiger partial charge in [0.2, 0.25) is 0 Å². The Balaban J connectivity index is 1.92. The molecular weight excluding hydrogens is 162 g/mol. The average Bonchev–Trinajstić information content (AvgIpc) is 2.12. The standard InChI is InChI=1S/C11H15NO/c1-9(12-11-7-13-8-11)10-5-3-2-4-6-10/h2-6,9,11-12H,7-8H2,1H3/t9-/m1/s1. The van der Waals surface area contributed by atoms with Gasteiger partial charge in [-0.15, -0.1) is 0 Å².